The molecule has 3 aromatic rings. The number of ether oxygens (including phenoxy) is 1. The summed E-state index contributed by atoms with van der Waals surface area (Å²) in [5.41, 5.74) is 0.551. The fraction of sp³-hybridized carbons (Fsp3) is 0.385. The van der Waals surface area contributed by atoms with Crippen LogP contribution >= 0.6 is 0 Å². The summed E-state index contributed by atoms with van der Waals surface area (Å²) < 4.78 is 51.9. The Hall–Kier alpha value is -3.17. The number of nitrogens with one attached hydrogen (secondary N) is 1. The minimum Gasteiger partial charge on any atom is -0.447 e. The summed E-state index contributed by atoms with van der Waals surface area (Å²) >= 11 is 0. The van der Waals surface area contributed by atoms with E-state index in [4.69, 9.17) is 9.15 Å². The van der Waals surface area contributed by atoms with E-state index in [-0.39, 0.29) is 48.3 Å². The van der Waals surface area contributed by atoms with Crippen molar-refractivity contribution in [3.8, 4) is 0 Å². The summed E-state index contributed by atoms with van der Waals surface area (Å²) in [5.74, 6) is -0.125. The molecule has 2 atom stereocenters. The molecule has 1 N–H and O–H groups in total. The lowest BCUT2D eigenvalue weighted by molar-refractivity contribution is -0.138. The molecule has 0 bridgehead atoms. The highest BCUT2D eigenvalue weighted by Crippen LogP contribution is 2.34. The molecule has 2 heterocycles. The van der Waals surface area contributed by atoms with Crippen molar-refractivity contribution >= 4 is 5.91 Å². The molecule has 1 aromatic heterocycles. The Morgan fingerprint density at radius 2 is 1.89 bits per heavy atom. The zero-order valence-corrected chi connectivity index (χ0v) is 19.4. The van der Waals surface area contributed by atoms with Gasteiger partial charge in [-0.3, -0.25) is 9.69 Å². The summed E-state index contributed by atoms with van der Waals surface area (Å²) in [4.78, 5) is 18.6. The molecule has 9 heteroatoms. The number of alkyl halides is 3. The van der Waals surface area contributed by atoms with Gasteiger partial charge in [-0.15, -0.1) is 0 Å². The number of carbonyl (C=O) groups excluding carboxylic acids is 1. The predicted molar refractivity (Wildman–Crippen MR) is 123 cm³/mol. The summed E-state index contributed by atoms with van der Waals surface area (Å²) in [6.45, 7) is 3.16. The molecule has 35 heavy (non-hydrogen) atoms. The van der Waals surface area contributed by atoms with Crippen LogP contribution < -0.4 is 5.32 Å². The lowest BCUT2D eigenvalue weighted by Gasteiger charge is -2.29. The molecule has 1 aliphatic rings. The van der Waals surface area contributed by atoms with Gasteiger partial charge in [0.25, 0.3) is 5.91 Å². The van der Waals surface area contributed by atoms with Crippen molar-refractivity contribution in [1.82, 2.24) is 15.2 Å². The normalized spacial score (nSPS) is 17.0. The Balaban J connectivity index is 1.52. The monoisotopic (exact) mass is 487 g/mol. The number of hydrogen-bond acceptors (Lipinski definition) is 5. The van der Waals surface area contributed by atoms with E-state index in [1.54, 1.807) is 6.07 Å². The average Bonchev–Trinajstić information content (AvgIpc) is 3.54. The van der Waals surface area contributed by atoms with E-state index < -0.39 is 11.7 Å². The fourth-order valence-corrected chi connectivity index (χ4v) is 4.19. The highest BCUT2D eigenvalue weighted by molar-refractivity contribution is 5.91. The van der Waals surface area contributed by atoms with Crippen LogP contribution in [-0.2, 0) is 24.0 Å². The smallest absolute Gasteiger partial charge is 0.416 e. The van der Waals surface area contributed by atoms with Gasteiger partial charge < -0.3 is 14.5 Å². The average molecular weight is 488 g/mol. The highest BCUT2D eigenvalue weighted by Gasteiger charge is 2.34. The van der Waals surface area contributed by atoms with E-state index in [1.807, 2.05) is 42.2 Å². The molecule has 2 aromatic carbocycles. The third kappa shape index (κ3) is 6.49. The minimum atomic E-state index is -4.46. The quantitative estimate of drug-likeness (QED) is 0.440. The molecule has 0 spiro atoms. The van der Waals surface area contributed by atoms with Crippen molar-refractivity contribution in [1.29, 1.82) is 0 Å². The summed E-state index contributed by atoms with van der Waals surface area (Å²) in [5, 5.41) is 2.80. The van der Waals surface area contributed by atoms with Gasteiger partial charge >= 0.3 is 6.18 Å². The SMILES string of the molecule is C[C@@H](c1ccccc1)N(Cc1nc(C(=O)NC[C@H]2CCCO2)co1)Cc1ccccc1C(F)(F)F. The number of amides is 1. The summed E-state index contributed by atoms with van der Waals surface area (Å²) in [7, 11) is 0. The van der Waals surface area contributed by atoms with Crippen LogP contribution in [0.1, 0.15) is 58.9 Å². The third-order valence-corrected chi connectivity index (χ3v) is 6.16. The topological polar surface area (TPSA) is 67.6 Å². The van der Waals surface area contributed by atoms with Crippen molar-refractivity contribution in [3.05, 3.63) is 89.1 Å². The number of halogens is 3. The molecule has 1 amide bonds. The van der Waals surface area contributed by atoms with Gasteiger partial charge in [0.2, 0.25) is 5.89 Å². The van der Waals surface area contributed by atoms with Gasteiger partial charge in [0.1, 0.15) is 6.26 Å². The molecular formula is C26H28F3N3O3. The Bertz CT molecular complexity index is 1110. The standard InChI is InChI=1S/C26H28F3N3O3/c1-18(19-8-3-2-4-9-19)32(15-20-10-5-6-12-22(20)26(27,28)29)16-24-31-23(17-35-24)25(33)30-14-21-11-7-13-34-21/h2-6,8-10,12,17-18,21H,7,11,13-16H2,1H3,(H,30,33)/t18-,21+/m0/s1. The molecule has 0 unspecified atom stereocenters. The molecule has 4 rings (SSSR count). The number of benzene rings is 2. The van der Waals surface area contributed by atoms with Crippen molar-refractivity contribution < 1.29 is 27.1 Å². The maximum Gasteiger partial charge on any atom is 0.416 e. The molecule has 0 saturated carbocycles. The molecule has 1 saturated heterocycles. The predicted octanol–water partition coefficient (Wildman–Crippen LogP) is 5.37. The second kappa shape index (κ2) is 11.0. The number of oxazole rings is 1. The molecule has 6 nitrogen and oxygen atoms in total. The Morgan fingerprint density at radius 3 is 2.60 bits per heavy atom. The van der Waals surface area contributed by atoms with Crippen LogP contribution in [0.5, 0.6) is 0 Å². The van der Waals surface area contributed by atoms with Gasteiger partial charge in [0, 0.05) is 25.7 Å². The molecule has 186 valence electrons. The Labute approximate surface area is 202 Å². The minimum absolute atomic E-state index is 0.00114. The van der Waals surface area contributed by atoms with Crippen LogP contribution in [-0.4, -0.2) is 35.0 Å². The molecule has 1 aliphatic heterocycles. The van der Waals surface area contributed by atoms with E-state index in [0.29, 0.717) is 13.2 Å². The molecule has 0 aliphatic carbocycles. The van der Waals surface area contributed by atoms with Crippen LogP contribution in [0.3, 0.4) is 0 Å². The van der Waals surface area contributed by atoms with E-state index in [9.17, 15) is 18.0 Å². The summed E-state index contributed by atoms with van der Waals surface area (Å²) in [6, 6.07) is 14.8. The maximum atomic E-state index is 13.6. The van der Waals surface area contributed by atoms with Gasteiger partial charge in [-0.05, 0) is 37.0 Å². The highest BCUT2D eigenvalue weighted by atomic mass is 19.4. The summed E-state index contributed by atoms with van der Waals surface area (Å²) in [6.07, 6.45) is -1.32. The fourth-order valence-electron chi connectivity index (χ4n) is 4.19. The number of hydrogen-bond donors (Lipinski definition) is 1. The van der Waals surface area contributed by atoms with Crippen molar-refractivity contribution in [2.75, 3.05) is 13.2 Å². The Morgan fingerprint density at radius 1 is 1.14 bits per heavy atom. The van der Waals surface area contributed by atoms with Crippen molar-refractivity contribution in [2.45, 2.75) is 51.2 Å². The van der Waals surface area contributed by atoms with Crippen molar-refractivity contribution in [3.63, 3.8) is 0 Å². The second-order valence-corrected chi connectivity index (χ2v) is 8.62. The Kier molecular flexibility index (Phi) is 7.87. The van der Waals surface area contributed by atoms with Gasteiger partial charge in [-0.25, -0.2) is 4.98 Å². The van der Waals surface area contributed by atoms with Crippen LogP contribution in [0.2, 0.25) is 0 Å². The maximum absolute atomic E-state index is 13.6. The lowest BCUT2D eigenvalue weighted by atomic mass is 10.0. The van der Waals surface area contributed by atoms with E-state index in [1.165, 1.54) is 18.4 Å². The van der Waals surface area contributed by atoms with Crippen LogP contribution in [0.25, 0.3) is 0 Å². The largest absolute Gasteiger partial charge is 0.447 e. The van der Waals surface area contributed by atoms with E-state index >= 15 is 0 Å². The van der Waals surface area contributed by atoms with E-state index in [2.05, 4.69) is 10.3 Å². The molecular weight excluding hydrogens is 459 g/mol. The van der Waals surface area contributed by atoms with E-state index in [0.717, 1.165) is 24.5 Å². The first-order valence-corrected chi connectivity index (χ1v) is 11.6. The molecule has 0 radical (unpaired) electrons. The van der Waals surface area contributed by atoms with Crippen molar-refractivity contribution in [2.24, 2.45) is 0 Å². The van der Waals surface area contributed by atoms with Gasteiger partial charge in [-0.2, -0.15) is 13.2 Å². The van der Waals surface area contributed by atoms with Crippen LogP contribution in [0, 0.1) is 0 Å². The first-order valence-electron chi connectivity index (χ1n) is 11.6. The van der Waals surface area contributed by atoms with Gasteiger partial charge in [-0.1, -0.05) is 48.5 Å². The third-order valence-electron chi connectivity index (χ3n) is 6.16. The number of aromatic nitrogens is 1. The van der Waals surface area contributed by atoms with Crippen LogP contribution in [0.4, 0.5) is 13.2 Å². The zero-order chi connectivity index (χ0) is 24.8. The number of carbonyl (C=O) groups is 1. The zero-order valence-electron chi connectivity index (χ0n) is 19.4. The molecule has 1 fully saturated rings. The number of rotatable bonds is 9. The van der Waals surface area contributed by atoms with Gasteiger partial charge in [0.15, 0.2) is 5.69 Å². The second-order valence-electron chi connectivity index (χ2n) is 8.62. The first-order chi connectivity index (χ1) is 16.8. The lowest BCUT2D eigenvalue weighted by Crippen LogP contribution is -2.32. The van der Waals surface area contributed by atoms with Gasteiger partial charge in [0.05, 0.1) is 18.2 Å². The first kappa shape index (κ1) is 24.9. The number of nitrogens with zero attached hydrogens (tertiary/aromatic N) is 2. The van der Waals surface area contributed by atoms with Crippen LogP contribution in [0.15, 0.2) is 65.3 Å².